The van der Waals surface area contributed by atoms with Gasteiger partial charge in [0, 0.05) is 19.5 Å². The second-order valence-corrected chi connectivity index (χ2v) is 11.0. The molecule has 1 amide bonds. The van der Waals surface area contributed by atoms with Crippen molar-refractivity contribution in [2.75, 3.05) is 26.7 Å². The third kappa shape index (κ3) is 8.75. The van der Waals surface area contributed by atoms with E-state index in [0.29, 0.717) is 49.4 Å². The zero-order chi connectivity index (χ0) is 33.4. The van der Waals surface area contributed by atoms with Crippen LogP contribution in [-0.2, 0) is 11.2 Å². The maximum atomic E-state index is 12.8. The van der Waals surface area contributed by atoms with Crippen LogP contribution in [0.3, 0.4) is 0 Å². The summed E-state index contributed by atoms with van der Waals surface area (Å²) in [6.07, 6.45) is -2.94. The Balaban J connectivity index is 0.000000369. The van der Waals surface area contributed by atoms with Gasteiger partial charge in [-0.15, -0.1) is 0 Å². The fourth-order valence-corrected chi connectivity index (χ4v) is 5.66. The third-order valence-corrected chi connectivity index (χ3v) is 7.80. The topological polar surface area (TPSA) is 102 Å². The summed E-state index contributed by atoms with van der Waals surface area (Å²) in [4.78, 5) is 23.1. The molecular formula is C35H36F4N2O5. The zero-order valence-electron chi connectivity index (χ0n) is 25.6. The molecule has 5 rings (SSSR count). The number of nitrogens with two attached hydrogens (primary N) is 1. The maximum Gasteiger partial charge on any atom is 0.401 e. The Hall–Kier alpha value is -4.64. The molecule has 244 valence electrons. The average Bonchev–Trinajstić information content (AvgIpc) is 3.00. The molecule has 1 heterocycles. The van der Waals surface area contributed by atoms with E-state index in [1.165, 1.54) is 17.0 Å². The zero-order valence-corrected chi connectivity index (χ0v) is 25.6. The molecule has 7 nitrogen and oxygen atoms in total. The number of aliphatic carboxylic acids is 1. The number of hydrogen-bond acceptors (Lipinski definition) is 5. The van der Waals surface area contributed by atoms with Gasteiger partial charge in [-0.2, -0.15) is 13.2 Å². The average molecular weight is 641 g/mol. The van der Waals surface area contributed by atoms with Crippen LogP contribution in [0.1, 0.15) is 40.7 Å². The molecule has 4 aromatic rings. The number of piperidine rings is 1. The van der Waals surface area contributed by atoms with E-state index < -0.39 is 30.4 Å². The predicted molar refractivity (Wildman–Crippen MR) is 168 cm³/mol. The first kappa shape index (κ1) is 34.2. The van der Waals surface area contributed by atoms with Gasteiger partial charge in [-0.05, 0) is 71.8 Å². The minimum Gasteiger partial charge on any atom is -0.496 e. The van der Waals surface area contributed by atoms with Crippen molar-refractivity contribution in [2.45, 2.75) is 44.9 Å². The molecule has 0 aromatic heterocycles. The number of methoxy groups -OCH3 is 1. The van der Waals surface area contributed by atoms with Crippen molar-refractivity contribution < 1.29 is 41.7 Å². The van der Waals surface area contributed by atoms with Gasteiger partial charge in [-0.25, -0.2) is 4.39 Å². The lowest BCUT2D eigenvalue weighted by molar-refractivity contribution is -0.149. The van der Waals surface area contributed by atoms with Crippen LogP contribution in [-0.4, -0.2) is 60.9 Å². The van der Waals surface area contributed by atoms with Crippen molar-refractivity contribution >= 4 is 22.6 Å². The maximum absolute atomic E-state index is 12.8. The Morgan fingerprint density at radius 1 is 0.935 bits per heavy atom. The van der Waals surface area contributed by atoms with Crippen LogP contribution in [0.2, 0.25) is 0 Å². The summed E-state index contributed by atoms with van der Waals surface area (Å²) in [5.74, 6) is -0.888. The molecule has 1 aliphatic heterocycles. The van der Waals surface area contributed by atoms with E-state index in [4.69, 9.17) is 20.3 Å². The van der Waals surface area contributed by atoms with Gasteiger partial charge < -0.3 is 20.3 Å². The molecule has 0 aliphatic carbocycles. The highest BCUT2D eigenvalue weighted by Gasteiger charge is 2.33. The van der Waals surface area contributed by atoms with E-state index in [9.17, 15) is 27.2 Å². The smallest absolute Gasteiger partial charge is 0.401 e. The van der Waals surface area contributed by atoms with Gasteiger partial charge in [0.25, 0.3) is 5.91 Å². The van der Waals surface area contributed by atoms with Crippen molar-refractivity contribution in [3.63, 3.8) is 0 Å². The van der Waals surface area contributed by atoms with Gasteiger partial charge in [-0.3, -0.25) is 14.5 Å². The number of halogens is 4. The number of aryl methyl sites for hydroxylation is 2. The van der Waals surface area contributed by atoms with E-state index in [1.807, 2.05) is 54.6 Å². The lowest BCUT2D eigenvalue weighted by atomic mass is 9.93. The molecule has 0 bridgehead atoms. The molecule has 1 fully saturated rings. The number of ether oxygens (including phenoxy) is 2. The molecule has 3 N–H and O–H groups in total. The number of carboxylic acids is 1. The Morgan fingerprint density at radius 3 is 2.17 bits per heavy atom. The number of amides is 1. The van der Waals surface area contributed by atoms with Crippen LogP contribution >= 0.6 is 0 Å². The number of carboxylic acid groups (broad SMARTS) is 1. The molecule has 0 unspecified atom stereocenters. The number of primary amides is 1. The van der Waals surface area contributed by atoms with Crippen molar-refractivity contribution in [1.82, 2.24) is 4.90 Å². The number of benzene rings is 4. The quantitative estimate of drug-likeness (QED) is 0.188. The number of hydrogen-bond donors (Lipinski definition) is 2. The van der Waals surface area contributed by atoms with E-state index in [-0.39, 0.29) is 18.1 Å². The summed E-state index contributed by atoms with van der Waals surface area (Å²) in [6.45, 7) is 1.39. The first-order chi connectivity index (χ1) is 21.9. The summed E-state index contributed by atoms with van der Waals surface area (Å²) >= 11 is 0. The van der Waals surface area contributed by atoms with Gasteiger partial charge in [0.1, 0.15) is 23.4 Å². The fourth-order valence-electron chi connectivity index (χ4n) is 5.66. The largest absolute Gasteiger partial charge is 0.496 e. The number of carbonyl (C=O) groups excluding carboxylic acids is 1. The van der Waals surface area contributed by atoms with E-state index in [2.05, 4.69) is 0 Å². The second kappa shape index (κ2) is 15.1. The van der Waals surface area contributed by atoms with Crippen molar-refractivity contribution in [1.29, 1.82) is 0 Å². The summed E-state index contributed by atoms with van der Waals surface area (Å²) in [5, 5.41) is 11.0. The number of nitrogens with zero attached hydrogens (tertiary/aromatic N) is 1. The first-order valence-electron chi connectivity index (χ1n) is 14.8. The minimum atomic E-state index is -4.20. The highest BCUT2D eigenvalue weighted by atomic mass is 19.4. The molecule has 1 saturated heterocycles. The molecular weight excluding hydrogens is 604 g/mol. The summed E-state index contributed by atoms with van der Waals surface area (Å²) in [5.41, 5.74) is 8.09. The minimum absolute atomic E-state index is 0.0208. The summed E-state index contributed by atoms with van der Waals surface area (Å²) in [6, 6.07) is 21.6. The molecule has 0 saturated carbocycles. The second-order valence-electron chi connectivity index (χ2n) is 11.0. The molecule has 46 heavy (non-hydrogen) atoms. The highest BCUT2D eigenvalue weighted by molar-refractivity contribution is 6.01. The molecule has 4 aromatic carbocycles. The fraction of sp³-hybridized carbons (Fsp3) is 0.314. The number of rotatable bonds is 9. The van der Waals surface area contributed by atoms with Crippen LogP contribution in [0.25, 0.3) is 21.9 Å². The van der Waals surface area contributed by atoms with Crippen LogP contribution in [0, 0.1) is 12.7 Å². The Kier molecular flexibility index (Phi) is 11.2. The van der Waals surface area contributed by atoms with Gasteiger partial charge >= 0.3 is 12.1 Å². The lowest BCUT2D eigenvalue weighted by Gasteiger charge is -2.33. The van der Waals surface area contributed by atoms with E-state index in [1.54, 1.807) is 20.1 Å². The predicted octanol–water partition coefficient (Wildman–Crippen LogP) is 7.17. The van der Waals surface area contributed by atoms with Gasteiger partial charge in [-0.1, -0.05) is 54.6 Å². The third-order valence-electron chi connectivity index (χ3n) is 7.80. The Morgan fingerprint density at radius 2 is 1.57 bits per heavy atom. The van der Waals surface area contributed by atoms with Crippen LogP contribution < -0.4 is 15.2 Å². The van der Waals surface area contributed by atoms with E-state index in [0.717, 1.165) is 27.5 Å². The van der Waals surface area contributed by atoms with Crippen molar-refractivity contribution in [3.05, 3.63) is 95.3 Å². The summed E-state index contributed by atoms with van der Waals surface area (Å²) < 4.78 is 63.0. The Labute approximate surface area is 264 Å². The molecule has 1 aliphatic rings. The molecule has 11 heteroatoms. The monoisotopic (exact) mass is 640 g/mol. The van der Waals surface area contributed by atoms with Crippen LogP contribution in [0.4, 0.5) is 17.6 Å². The van der Waals surface area contributed by atoms with Gasteiger partial charge in [0.05, 0.1) is 24.8 Å². The van der Waals surface area contributed by atoms with Crippen molar-refractivity contribution in [2.24, 2.45) is 5.73 Å². The number of alkyl halides is 3. The van der Waals surface area contributed by atoms with E-state index >= 15 is 0 Å². The standard InChI is InChI=1S/C27H28F3NO4.C8H8FNO/c1-34-23-9-4-10-24(35-19-13-15-31(16-14-19)17-27(28,29)30)26(23)22-8-3-6-20-18(11-12-25(32)33)5-2-7-21(20)22;1-5-3-2-4-6(9)7(5)8(10)11/h2-10,19H,11-17H2,1H3,(H,32,33);2-4H,1H3,(H2,10,11). The van der Waals surface area contributed by atoms with Crippen LogP contribution in [0.15, 0.2) is 72.8 Å². The SMILES string of the molecule is COc1cccc(OC2CCN(CC(F)(F)F)CC2)c1-c1cccc2c(CCC(=O)O)cccc12.Cc1cccc(F)c1C(N)=O. The van der Waals surface area contributed by atoms with Gasteiger partial charge in [0.2, 0.25) is 0 Å². The highest BCUT2D eigenvalue weighted by Crippen LogP contribution is 2.43. The number of likely N-dealkylation sites (tertiary alicyclic amines) is 1. The normalized spacial score (nSPS) is 14.0. The number of carbonyl (C=O) groups is 2. The lowest BCUT2D eigenvalue weighted by Crippen LogP contribution is -2.42. The molecule has 0 radical (unpaired) electrons. The molecule has 0 atom stereocenters. The van der Waals surface area contributed by atoms with Crippen molar-refractivity contribution in [3.8, 4) is 22.6 Å². The first-order valence-corrected chi connectivity index (χ1v) is 14.8. The Bertz CT molecular complexity index is 1660. The molecule has 0 spiro atoms. The van der Waals surface area contributed by atoms with Gasteiger partial charge in [0.15, 0.2) is 0 Å². The van der Waals surface area contributed by atoms with Crippen LogP contribution in [0.5, 0.6) is 11.5 Å². The summed E-state index contributed by atoms with van der Waals surface area (Å²) in [7, 11) is 1.58. The number of fused-ring (bicyclic) bond motifs is 1.